The number of methoxy groups -OCH3 is 2. The maximum Gasteiger partial charge on any atom is 0.573 e. The molecule has 1 heterocycles. The van der Waals surface area contributed by atoms with E-state index in [0.717, 1.165) is 47.2 Å². The molecule has 206 valence electrons. The quantitative estimate of drug-likeness (QED) is 0.292. The lowest BCUT2D eigenvalue weighted by molar-refractivity contribution is -0.274. The molecular formula is C29H35F3N2O4. The summed E-state index contributed by atoms with van der Waals surface area (Å²) < 4.78 is 54.6. The zero-order valence-electron chi connectivity index (χ0n) is 22.5. The van der Waals surface area contributed by atoms with Crippen LogP contribution in [0.25, 0.3) is 11.0 Å². The molecule has 3 aromatic rings. The number of nitrogens with zero attached hydrogens (tertiary/aromatic N) is 2. The fraction of sp³-hybridized carbons (Fsp3) is 0.517. The third-order valence-electron chi connectivity index (χ3n) is 7.24. The van der Waals surface area contributed by atoms with Gasteiger partial charge in [0.2, 0.25) is 0 Å². The fourth-order valence-corrected chi connectivity index (χ4v) is 5.96. The van der Waals surface area contributed by atoms with Crippen molar-refractivity contribution < 1.29 is 32.2 Å². The van der Waals surface area contributed by atoms with Crippen LogP contribution in [0.4, 0.5) is 13.2 Å². The highest BCUT2D eigenvalue weighted by Crippen LogP contribution is 2.46. The second kappa shape index (κ2) is 10.9. The summed E-state index contributed by atoms with van der Waals surface area (Å²) in [5.74, 6) is 1.51. The van der Waals surface area contributed by atoms with Crippen LogP contribution < -0.4 is 9.47 Å². The average molecular weight is 533 g/mol. The Balaban J connectivity index is 1.76. The van der Waals surface area contributed by atoms with Gasteiger partial charge in [-0.15, -0.1) is 13.2 Å². The molecule has 2 aromatic carbocycles. The summed E-state index contributed by atoms with van der Waals surface area (Å²) in [6.45, 7) is 6.86. The van der Waals surface area contributed by atoms with E-state index in [-0.39, 0.29) is 29.6 Å². The SMILES string of the molecule is COC(=O)CCc1cc2nc(Cc3ccc(OC(F)(F)F)cc3)n(C3C[C@H](C)CC(C)(C)C3)c2cc1OC. The first-order valence-corrected chi connectivity index (χ1v) is 12.9. The van der Waals surface area contributed by atoms with E-state index in [9.17, 15) is 18.0 Å². The summed E-state index contributed by atoms with van der Waals surface area (Å²) in [4.78, 5) is 16.8. The summed E-state index contributed by atoms with van der Waals surface area (Å²) in [5, 5.41) is 0. The molecule has 6 nitrogen and oxygen atoms in total. The molecule has 0 amide bonds. The maximum absolute atomic E-state index is 12.6. The topological polar surface area (TPSA) is 62.6 Å². The second-order valence-corrected chi connectivity index (χ2v) is 11.1. The van der Waals surface area contributed by atoms with E-state index >= 15 is 0 Å². The zero-order chi connectivity index (χ0) is 27.7. The van der Waals surface area contributed by atoms with Crippen molar-refractivity contribution in [3.8, 4) is 11.5 Å². The molecule has 9 heteroatoms. The number of ether oxygens (including phenoxy) is 3. The Hall–Kier alpha value is -3.23. The summed E-state index contributed by atoms with van der Waals surface area (Å²) in [7, 11) is 2.98. The molecule has 1 aromatic heterocycles. The van der Waals surface area contributed by atoms with Crippen molar-refractivity contribution in [1.82, 2.24) is 9.55 Å². The van der Waals surface area contributed by atoms with Gasteiger partial charge in [-0.25, -0.2) is 4.98 Å². The van der Waals surface area contributed by atoms with Gasteiger partial charge in [0.15, 0.2) is 0 Å². The number of esters is 1. The summed E-state index contributed by atoms with van der Waals surface area (Å²) >= 11 is 0. The second-order valence-electron chi connectivity index (χ2n) is 11.1. The zero-order valence-corrected chi connectivity index (χ0v) is 22.5. The maximum atomic E-state index is 12.6. The van der Waals surface area contributed by atoms with Crippen molar-refractivity contribution in [3.05, 3.63) is 53.3 Å². The smallest absolute Gasteiger partial charge is 0.496 e. The van der Waals surface area contributed by atoms with Crippen molar-refractivity contribution in [2.24, 2.45) is 11.3 Å². The van der Waals surface area contributed by atoms with Crippen LogP contribution in [0.3, 0.4) is 0 Å². The summed E-state index contributed by atoms with van der Waals surface area (Å²) in [6, 6.07) is 10.1. The Labute approximate surface area is 221 Å². The molecular weight excluding hydrogens is 497 g/mol. The average Bonchev–Trinajstić information content (AvgIpc) is 3.17. The van der Waals surface area contributed by atoms with Crippen molar-refractivity contribution in [1.29, 1.82) is 0 Å². The number of aryl methyl sites for hydroxylation is 1. The number of hydrogen-bond acceptors (Lipinski definition) is 5. The third kappa shape index (κ3) is 6.60. The lowest BCUT2D eigenvalue weighted by atomic mass is 9.70. The third-order valence-corrected chi connectivity index (χ3v) is 7.24. The van der Waals surface area contributed by atoms with Gasteiger partial charge in [0.05, 0.1) is 25.3 Å². The molecule has 0 N–H and O–H groups in total. The molecule has 0 saturated heterocycles. The van der Waals surface area contributed by atoms with Crippen molar-refractivity contribution in [2.75, 3.05) is 14.2 Å². The number of hydrogen-bond donors (Lipinski definition) is 0. The number of benzene rings is 2. The van der Waals surface area contributed by atoms with Crippen molar-refractivity contribution in [3.63, 3.8) is 0 Å². The number of carbonyl (C=O) groups excluding carboxylic acids is 1. The first-order valence-electron chi connectivity index (χ1n) is 12.9. The van der Waals surface area contributed by atoms with E-state index in [1.807, 2.05) is 12.1 Å². The molecule has 1 aliphatic rings. The largest absolute Gasteiger partial charge is 0.573 e. The first kappa shape index (κ1) is 27.8. The van der Waals surface area contributed by atoms with E-state index in [1.54, 1.807) is 19.2 Å². The predicted molar refractivity (Wildman–Crippen MR) is 138 cm³/mol. The number of aromatic nitrogens is 2. The number of halogens is 3. The van der Waals surface area contributed by atoms with Gasteiger partial charge in [0.1, 0.15) is 17.3 Å². The summed E-state index contributed by atoms with van der Waals surface area (Å²) in [5.41, 5.74) is 3.61. The number of carbonyl (C=O) groups is 1. The van der Waals surface area contributed by atoms with E-state index in [4.69, 9.17) is 14.5 Å². The van der Waals surface area contributed by atoms with Crippen LogP contribution in [0.5, 0.6) is 11.5 Å². The Morgan fingerprint density at radius 3 is 2.45 bits per heavy atom. The van der Waals surface area contributed by atoms with Crippen LogP contribution in [0.15, 0.2) is 36.4 Å². The molecule has 1 saturated carbocycles. The highest BCUT2D eigenvalue weighted by molar-refractivity contribution is 5.80. The van der Waals surface area contributed by atoms with Crippen LogP contribution in [0.1, 0.15) is 69.4 Å². The normalized spacial score (nSPS) is 19.4. The molecule has 0 spiro atoms. The lowest BCUT2D eigenvalue weighted by Gasteiger charge is -2.40. The van der Waals surface area contributed by atoms with Gasteiger partial charge in [0.25, 0.3) is 0 Å². The minimum Gasteiger partial charge on any atom is -0.496 e. The molecule has 38 heavy (non-hydrogen) atoms. The van der Waals surface area contributed by atoms with E-state index in [1.165, 1.54) is 19.2 Å². The van der Waals surface area contributed by atoms with E-state index in [2.05, 4.69) is 30.1 Å². The van der Waals surface area contributed by atoms with Gasteiger partial charge < -0.3 is 18.8 Å². The Morgan fingerprint density at radius 2 is 1.84 bits per heavy atom. The Bertz CT molecular complexity index is 1280. The lowest BCUT2D eigenvalue weighted by Crippen LogP contribution is -2.30. The fourth-order valence-electron chi connectivity index (χ4n) is 5.96. The number of rotatable bonds is 8. The standard InChI is InChI=1S/C29H35F3N2O4/c1-18-12-21(17-28(2,3)16-18)34-24-15-25(36-4)20(8-11-27(35)37-5)14-23(24)33-26(34)13-19-6-9-22(10-7-19)38-29(30,31)32/h6-7,9-10,14-15,18,21H,8,11-13,16-17H2,1-5H3/t18-,21?/m0/s1. The molecule has 1 unspecified atom stereocenters. The highest BCUT2D eigenvalue weighted by Gasteiger charge is 2.35. The molecule has 0 aliphatic heterocycles. The van der Waals surface area contributed by atoms with Gasteiger partial charge in [-0.2, -0.15) is 0 Å². The number of alkyl halides is 3. The Morgan fingerprint density at radius 1 is 1.13 bits per heavy atom. The minimum atomic E-state index is -4.73. The molecule has 0 radical (unpaired) electrons. The molecule has 4 rings (SSSR count). The number of imidazole rings is 1. The van der Waals surface area contributed by atoms with Crippen LogP contribution in [0.2, 0.25) is 0 Å². The highest BCUT2D eigenvalue weighted by atomic mass is 19.4. The molecule has 1 fully saturated rings. The Kier molecular flexibility index (Phi) is 7.95. The van der Waals surface area contributed by atoms with Gasteiger partial charge in [-0.1, -0.05) is 32.9 Å². The monoisotopic (exact) mass is 532 g/mol. The first-order chi connectivity index (χ1) is 17.9. The van der Waals surface area contributed by atoms with E-state index in [0.29, 0.717) is 24.5 Å². The van der Waals surface area contributed by atoms with Crippen LogP contribution >= 0.6 is 0 Å². The van der Waals surface area contributed by atoms with Crippen LogP contribution in [-0.4, -0.2) is 36.1 Å². The van der Waals surface area contributed by atoms with Crippen LogP contribution in [-0.2, 0) is 22.4 Å². The van der Waals surface area contributed by atoms with Gasteiger partial charge in [-0.05, 0) is 66.3 Å². The van der Waals surface area contributed by atoms with Crippen LogP contribution in [0, 0.1) is 11.3 Å². The van der Waals surface area contributed by atoms with Gasteiger partial charge >= 0.3 is 12.3 Å². The van der Waals surface area contributed by atoms with E-state index < -0.39 is 6.36 Å². The molecule has 1 aliphatic carbocycles. The van der Waals surface area contributed by atoms with Crippen molar-refractivity contribution in [2.45, 2.75) is 71.7 Å². The van der Waals surface area contributed by atoms with Gasteiger partial charge in [-0.3, -0.25) is 4.79 Å². The number of fused-ring (bicyclic) bond motifs is 1. The predicted octanol–water partition coefficient (Wildman–Crippen LogP) is 7.03. The molecule has 0 bridgehead atoms. The molecule has 2 atom stereocenters. The van der Waals surface area contributed by atoms with Crippen molar-refractivity contribution >= 4 is 17.0 Å². The summed E-state index contributed by atoms with van der Waals surface area (Å²) in [6.07, 6.45) is -0.453. The minimum absolute atomic E-state index is 0.164. The van der Waals surface area contributed by atoms with Gasteiger partial charge in [0, 0.05) is 24.9 Å².